The highest BCUT2D eigenvalue weighted by Crippen LogP contribution is 2.25. The van der Waals surface area contributed by atoms with Gasteiger partial charge in [-0.15, -0.1) is 0 Å². The van der Waals surface area contributed by atoms with Gasteiger partial charge >= 0.3 is 0 Å². The van der Waals surface area contributed by atoms with Crippen molar-refractivity contribution in [3.8, 4) is 17.7 Å². The first-order valence-corrected chi connectivity index (χ1v) is 9.38. The zero-order valence-corrected chi connectivity index (χ0v) is 16.5. The standard InChI is InChI=1S/C20H21ClN4O3/c1-20(2,28-15-7-5-14(21)6-8-15)19(26)25-11-3-4-16(13-25)27-18-17(12-22)23-9-10-24-18/h5-10,16H,3-4,11,13H2,1-2H3. The summed E-state index contributed by atoms with van der Waals surface area (Å²) in [7, 11) is 0. The molecule has 1 fully saturated rings. The third-order valence-electron chi connectivity index (χ3n) is 4.42. The van der Waals surface area contributed by atoms with Gasteiger partial charge in [0.2, 0.25) is 5.69 Å². The Balaban J connectivity index is 1.66. The molecule has 0 saturated carbocycles. The van der Waals surface area contributed by atoms with E-state index in [1.165, 1.54) is 12.4 Å². The Morgan fingerprint density at radius 1 is 1.29 bits per heavy atom. The second-order valence-electron chi connectivity index (χ2n) is 7.02. The van der Waals surface area contributed by atoms with Crippen molar-refractivity contribution in [3.05, 3.63) is 47.4 Å². The third-order valence-corrected chi connectivity index (χ3v) is 4.67. The van der Waals surface area contributed by atoms with Crippen molar-refractivity contribution in [1.82, 2.24) is 14.9 Å². The molecule has 1 aromatic carbocycles. The van der Waals surface area contributed by atoms with E-state index >= 15 is 0 Å². The highest BCUT2D eigenvalue weighted by atomic mass is 35.5. The smallest absolute Gasteiger partial charge is 0.266 e. The van der Waals surface area contributed by atoms with Crippen LogP contribution in [-0.2, 0) is 4.79 Å². The molecule has 1 unspecified atom stereocenters. The van der Waals surface area contributed by atoms with Crippen molar-refractivity contribution in [2.45, 2.75) is 38.4 Å². The minimum atomic E-state index is -1.04. The van der Waals surface area contributed by atoms with Crippen LogP contribution in [0.25, 0.3) is 0 Å². The van der Waals surface area contributed by atoms with Gasteiger partial charge in [-0.3, -0.25) is 4.79 Å². The number of carbonyl (C=O) groups excluding carboxylic acids is 1. The molecule has 28 heavy (non-hydrogen) atoms. The summed E-state index contributed by atoms with van der Waals surface area (Å²) in [5.41, 5.74) is -0.905. The van der Waals surface area contributed by atoms with Crippen LogP contribution in [0.2, 0.25) is 5.02 Å². The fourth-order valence-corrected chi connectivity index (χ4v) is 3.21. The number of likely N-dealkylation sites (tertiary alicyclic amines) is 1. The third kappa shape index (κ3) is 4.70. The van der Waals surface area contributed by atoms with Crippen LogP contribution in [0.5, 0.6) is 11.6 Å². The molecule has 1 amide bonds. The zero-order chi connectivity index (χ0) is 20.1. The molecule has 2 aromatic rings. The van der Waals surface area contributed by atoms with E-state index in [9.17, 15) is 4.79 Å². The maximum absolute atomic E-state index is 13.1. The van der Waals surface area contributed by atoms with Gasteiger partial charge in [-0.1, -0.05) is 11.6 Å². The highest BCUT2D eigenvalue weighted by molar-refractivity contribution is 6.30. The molecule has 2 heterocycles. The molecule has 1 aliphatic heterocycles. The Morgan fingerprint density at radius 2 is 2.00 bits per heavy atom. The number of piperidine rings is 1. The van der Waals surface area contributed by atoms with Crippen LogP contribution in [0.4, 0.5) is 0 Å². The molecule has 3 rings (SSSR count). The van der Waals surface area contributed by atoms with Gasteiger partial charge in [0.05, 0.1) is 6.54 Å². The van der Waals surface area contributed by atoms with Crippen molar-refractivity contribution in [1.29, 1.82) is 5.26 Å². The van der Waals surface area contributed by atoms with Gasteiger partial charge in [-0.2, -0.15) is 5.26 Å². The number of carbonyl (C=O) groups is 1. The minimum absolute atomic E-state index is 0.129. The van der Waals surface area contributed by atoms with Crippen LogP contribution >= 0.6 is 11.6 Å². The van der Waals surface area contributed by atoms with E-state index in [-0.39, 0.29) is 23.6 Å². The molecular formula is C20H21ClN4O3. The lowest BCUT2D eigenvalue weighted by atomic mass is 10.0. The highest BCUT2D eigenvalue weighted by Gasteiger charge is 2.37. The molecule has 8 heteroatoms. The number of ether oxygens (including phenoxy) is 2. The van der Waals surface area contributed by atoms with Crippen LogP contribution in [-0.4, -0.2) is 45.6 Å². The van der Waals surface area contributed by atoms with Crippen molar-refractivity contribution >= 4 is 17.5 Å². The summed E-state index contributed by atoms with van der Waals surface area (Å²) in [5, 5.41) is 9.74. The summed E-state index contributed by atoms with van der Waals surface area (Å²) >= 11 is 5.90. The molecule has 1 aromatic heterocycles. The number of hydrogen-bond donors (Lipinski definition) is 0. The van der Waals surface area contributed by atoms with Gasteiger partial charge in [0.25, 0.3) is 11.8 Å². The number of amides is 1. The first-order valence-electron chi connectivity index (χ1n) is 9.01. The molecule has 0 N–H and O–H groups in total. The molecule has 1 aliphatic rings. The molecule has 0 aliphatic carbocycles. The largest absolute Gasteiger partial charge is 0.478 e. The summed E-state index contributed by atoms with van der Waals surface area (Å²) < 4.78 is 11.8. The second kappa shape index (κ2) is 8.44. The van der Waals surface area contributed by atoms with E-state index in [1.54, 1.807) is 43.0 Å². The Hall–Kier alpha value is -2.85. The topological polar surface area (TPSA) is 88.3 Å². The zero-order valence-electron chi connectivity index (χ0n) is 15.8. The van der Waals surface area contributed by atoms with Crippen LogP contribution in [0.3, 0.4) is 0 Å². The van der Waals surface area contributed by atoms with Gasteiger partial charge in [0, 0.05) is 24.0 Å². The van der Waals surface area contributed by atoms with E-state index in [0.29, 0.717) is 23.9 Å². The Labute approximate surface area is 168 Å². The maximum atomic E-state index is 13.1. The Morgan fingerprint density at radius 3 is 2.71 bits per heavy atom. The van der Waals surface area contributed by atoms with Crippen LogP contribution in [0.15, 0.2) is 36.7 Å². The van der Waals surface area contributed by atoms with E-state index in [4.69, 9.17) is 26.3 Å². The van der Waals surface area contributed by atoms with Crippen molar-refractivity contribution in [3.63, 3.8) is 0 Å². The number of aromatic nitrogens is 2. The average Bonchev–Trinajstić information content (AvgIpc) is 2.69. The quantitative estimate of drug-likeness (QED) is 0.765. The molecule has 0 radical (unpaired) electrons. The van der Waals surface area contributed by atoms with Gasteiger partial charge in [0.15, 0.2) is 5.60 Å². The molecule has 1 saturated heterocycles. The number of benzene rings is 1. The molecule has 0 bridgehead atoms. The monoisotopic (exact) mass is 400 g/mol. The average molecular weight is 401 g/mol. The summed E-state index contributed by atoms with van der Waals surface area (Å²) in [4.78, 5) is 22.8. The van der Waals surface area contributed by atoms with Gasteiger partial charge < -0.3 is 14.4 Å². The van der Waals surface area contributed by atoms with E-state index < -0.39 is 5.60 Å². The second-order valence-corrected chi connectivity index (χ2v) is 7.46. The van der Waals surface area contributed by atoms with Crippen molar-refractivity contribution in [2.24, 2.45) is 0 Å². The molecule has 146 valence electrons. The Bertz CT molecular complexity index is 880. The molecular weight excluding hydrogens is 380 g/mol. The normalized spacial score (nSPS) is 16.9. The van der Waals surface area contributed by atoms with Crippen LogP contribution < -0.4 is 9.47 Å². The predicted octanol–water partition coefficient (Wildman–Crippen LogP) is 3.23. The Kier molecular flexibility index (Phi) is 6.00. The number of nitriles is 1. The molecule has 0 spiro atoms. The lowest BCUT2D eigenvalue weighted by molar-refractivity contribution is -0.148. The first kappa shape index (κ1) is 19.9. The number of hydrogen-bond acceptors (Lipinski definition) is 6. The van der Waals surface area contributed by atoms with E-state index in [2.05, 4.69) is 9.97 Å². The summed E-state index contributed by atoms with van der Waals surface area (Å²) in [5.74, 6) is 0.641. The lowest BCUT2D eigenvalue weighted by Crippen LogP contribution is -2.53. The van der Waals surface area contributed by atoms with Gasteiger partial charge in [0.1, 0.15) is 17.9 Å². The van der Waals surface area contributed by atoms with Gasteiger partial charge in [-0.05, 0) is 51.0 Å². The van der Waals surface area contributed by atoms with Gasteiger partial charge in [-0.25, -0.2) is 9.97 Å². The summed E-state index contributed by atoms with van der Waals surface area (Å²) in [6, 6.07) is 8.87. The summed E-state index contributed by atoms with van der Waals surface area (Å²) in [6.07, 6.45) is 4.22. The SMILES string of the molecule is CC(C)(Oc1ccc(Cl)cc1)C(=O)N1CCCC(Oc2nccnc2C#N)C1. The fourth-order valence-electron chi connectivity index (χ4n) is 3.09. The first-order chi connectivity index (χ1) is 13.4. The molecule has 7 nitrogen and oxygen atoms in total. The van der Waals surface area contributed by atoms with Crippen LogP contribution in [0, 0.1) is 11.3 Å². The summed E-state index contributed by atoms with van der Waals surface area (Å²) in [6.45, 7) is 4.50. The van der Waals surface area contributed by atoms with Crippen molar-refractivity contribution in [2.75, 3.05) is 13.1 Å². The minimum Gasteiger partial charge on any atom is -0.478 e. The number of rotatable bonds is 5. The molecule has 1 atom stereocenters. The van der Waals surface area contributed by atoms with E-state index in [1.807, 2.05) is 6.07 Å². The number of nitrogens with zero attached hydrogens (tertiary/aromatic N) is 4. The lowest BCUT2D eigenvalue weighted by Gasteiger charge is -2.37. The van der Waals surface area contributed by atoms with Crippen molar-refractivity contribution < 1.29 is 14.3 Å². The predicted molar refractivity (Wildman–Crippen MR) is 103 cm³/mol. The fraction of sp³-hybridized carbons (Fsp3) is 0.400. The number of halogens is 1. The van der Waals surface area contributed by atoms with E-state index in [0.717, 1.165) is 12.8 Å². The maximum Gasteiger partial charge on any atom is 0.266 e. The van der Waals surface area contributed by atoms with Crippen LogP contribution in [0.1, 0.15) is 32.4 Å².